The second-order valence-corrected chi connectivity index (χ2v) is 5.07. The molecule has 1 amide bonds. The number of halogens is 1. The number of aliphatic carboxylic acids is 1. The molecule has 0 fully saturated rings. The Morgan fingerprint density at radius 3 is 2.76 bits per heavy atom. The second kappa shape index (κ2) is 6.54. The first-order valence-electron chi connectivity index (χ1n) is 6.62. The largest absolute Gasteiger partial charge is 0.480 e. The molecule has 0 radical (unpaired) electrons. The lowest BCUT2D eigenvalue weighted by Crippen LogP contribution is -2.40. The van der Waals surface area contributed by atoms with Gasteiger partial charge in [0.1, 0.15) is 11.7 Å². The van der Waals surface area contributed by atoms with Crippen molar-refractivity contribution < 1.29 is 14.7 Å². The van der Waals surface area contributed by atoms with Gasteiger partial charge in [-0.25, -0.2) is 9.78 Å². The molecule has 0 bridgehead atoms. The normalized spacial score (nSPS) is 12.1. The summed E-state index contributed by atoms with van der Waals surface area (Å²) in [7, 11) is 0. The minimum atomic E-state index is -1.06. The lowest BCUT2D eigenvalue weighted by Gasteiger charge is -2.13. The molecule has 21 heavy (non-hydrogen) atoms. The van der Waals surface area contributed by atoms with E-state index in [4.69, 9.17) is 16.7 Å². The lowest BCUT2D eigenvalue weighted by atomic mass is 10.1. The van der Waals surface area contributed by atoms with Gasteiger partial charge in [0, 0.05) is 5.39 Å². The molecule has 6 heteroatoms. The maximum Gasteiger partial charge on any atom is 0.326 e. The number of pyridine rings is 1. The molecule has 0 aliphatic carbocycles. The number of para-hydroxylation sites is 1. The van der Waals surface area contributed by atoms with Crippen LogP contribution in [0.1, 0.15) is 30.3 Å². The molecule has 0 saturated carbocycles. The summed E-state index contributed by atoms with van der Waals surface area (Å²) in [5.74, 6) is -1.60. The Morgan fingerprint density at radius 1 is 1.38 bits per heavy atom. The number of carbonyl (C=O) groups excluding carboxylic acids is 1. The number of hydrogen-bond acceptors (Lipinski definition) is 3. The third-order valence-corrected chi connectivity index (χ3v) is 3.39. The Bertz CT molecular complexity index is 688. The lowest BCUT2D eigenvalue weighted by molar-refractivity contribution is -0.139. The predicted octanol–water partition coefficient (Wildman–Crippen LogP) is 2.87. The van der Waals surface area contributed by atoms with Gasteiger partial charge in [-0.2, -0.15) is 0 Å². The zero-order valence-corrected chi connectivity index (χ0v) is 12.2. The maximum absolute atomic E-state index is 12.1. The first-order valence-corrected chi connectivity index (χ1v) is 6.99. The second-order valence-electron chi connectivity index (χ2n) is 4.66. The molecule has 5 nitrogen and oxygen atoms in total. The van der Waals surface area contributed by atoms with E-state index in [0.717, 1.165) is 5.39 Å². The number of benzene rings is 1. The van der Waals surface area contributed by atoms with Crippen molar-refractivity contribution in [2.45, 2.75) is 25.8 Å². The fourth-order valence-corrected chi connectivity index (χ4v) is 2.29. The summed E-state index contributed by atoms with van der Waals surface area (Å²) < 4.78 is 0. The molecule has 0 unspecified atom stereocenters. The van der Waals surface area contributed by atoms with E-state index in [1.165, 1.54) is 6.07 Å². The molecule has 0 aliphatic rings. The number of aromatic nitrogens is 1. The Morgan fingerprint density at radius 2 is 2.10 bits per heavy atom. The Kier molecular flexibility index (Phi) is 4.75. The summed E-state index contributed by atoms with van der Waals surface area (Å²) in [5, 5.41) is 12.7. The predicted molar refractivity (Wildman–Crippen MR) is 80.6 cm³/mol. The van der Waals surface area contributed by atoms with Crippen molar-refractivity contribution in [2.24, 2.45) is 0 Å². The van der Waals surface area contributed by atoms with E-state index in [-0.39, 0.29) is 5.69 Å². The van der Waals surface area contributed by atoms with Crippen molar-refractivity contribution in [3.05, 3.63) is 41.0 Å². The third-order valence-electron chi connectivity index (χ3n) is 3.08. The highest BCUT2D eigenvalue weighted by Gasteiger charge is 2.20. The van der Waals surface area contributed by atoms with E-state index in [1.807, 2.05) is 19.1 Å². The number of nitrogens with one attached hydrogen (secondary N) is 1. The summed E-state index contributed by atoms with van der Waals surface area (Å²) in [6, 6.07) is 7.71. The van der Waals surface area contributed by atoms with Gasteiger partial charge in [0.15, 0.2) is 0 Å². The van der Waals surface area contributed by atoms with Gasteiger partial charge in [-0.3, -0.25) is 4.79 Å². The van der Waals surface area contributed by atoms with Crippen LogP contribution in [0.25, 0.3) is 10.9 Å². The maximum atomic E-state index is 12.1. The van der Waals surface area contributed by atoms with Gasteiger partial charge in [-0.05, 0) is 18.6 Å². The molecule has 0 spiro atoms. The number of nitrogens with zero attached hydrogens (tertiary/aromatic N) is 1. The van der Waals surface area contributed by atoms with Gasteiger partial charge in [-0.1, -0.05) is 43.1 Å². The molecule has 1 aromatic carbocycles. The molecule has 2 N–H and O–H groups in total. The molecule has 2 rings (SSSR count). The number of amides is 1. The van der Waals surface area contributed by atoms with Gasteiger partial charge >= 0.3 is 5.97 Å². The standard InChI is InChI=1S/C15H15ClN2O3/c1-2-5-12(15(20)21)18-14(19)13-8-10(16)9-6-3-4-7-11(9)17-13/h3-4,6-8,12H,2,5H2,1H3,(H,18,19)(H,20,21)/t12-/m0/s1. The van der Waals surface area contributed by atoms with Crippen LogP contribution >= 0.6 is 11.6 Å². The van der Waals surface area contributed by atoms with Gasteiger partial charge in [-0.15, -0.1) is 0 Å². The van der Waals surface area contributed by atoms with Crippen LogP contribution in [0.2, 0.25) is 5.02 Å². The average molecular weight is 307 g/mol. The Balaban J connectivity index is 2.29. The molecule has 1 heterocycles. The molecule has 2 aromatic rings. The van der Waals surface area contributed by atoms with Crippen LogP contribution in [-0.2, 0) is 4.79 Å². The van der Waals surface area contributed by atoms with E-state index in [0.29, 0.717) is 23.4 Å². The number of carboxylic acids is 1. The van der Waals surface area contributed by atoms with E-state index in [2.05, 4.69) is 10.3 Å². The number of hydrogen-bond donors (Lipinski definition) is 2. The van der Waals surface area contributed by atoms with Crippen LogP contribution in [-0.4, -0.2) is 28.0 Å². The van der Waals surface area contributed by atoms with Gasteiger partial charge < -0.3 is 10.4 Å². The van der Waals surface area contributed by atoms with Crippen LogP contribution in [0.5, 0.6) is 0 Å². The Labute approximate surface area is 126 Å². The first kappa shape index (κ1) is 15.3. The molecule has 0 saturated heterocycles. The number of fused-ring (bicyclic) bond motifs is 1. The number of carboxylic acid groups (broad SMARTS) is 1. The van der Waals surface area contributed by atoms with Crippen LogP contribution in [0.4, 0.5) is 0 Å². The van der Waals surface area contributed by atoms with Crippen LogP contribution in [0.3, 0.4) is 0 Å². The zero-order valence-electron chi connectivity index (χ0n) is 11.5. The molecular formula is C15H15ClN2O3. The first-order chi connectivity index (χ1) is 10.0. The van der Waals surface area contributed by atoms with E-state index in [1.54, 1.807) is 12.1 Å². The van der Waals surface area contributed by atoms with Crippen molar-refractivity contribution in [1.29, 1.82) is 0 Å². The smallest absolute Gasteiger partial charge is 0.326 e. The highest BCUT2D eigenvalue weighted by molar-refractivity contribution is 6.35. The van der Waals surface area contributed by atoms with Crippen molar-refractivity contribution in [2.75, 3.05) is 0 Å². The fraction of sp³-hybridized carbons (Fsp3) is 0.267. The van der Waals surface area contributed by atoms with Crippen molar-refractivity contribution in [3.8, 4) is 0 Å². The molecule has 110 valence electrons. The van der Waals surface area contributed by atoms with Crippen LogP contribution in [0, 0.1) is 0 Å². The highest BCUT2D eigenvalue weighted by atomic mass is 35.5. The van der Waals surface area contributed by atoms with Crippen LogP contribution < -0.4 is 5.32 Å². The minimum absolute atomic E-state index is 0.112. The van der Waals surface area contributed by atoms with Crippen LogP contribution in [0.15, 0.2) is 30.3 Å². The SMILES string of the molecule is CCC[C@H](NC(=O)c1cc(Cl)c2ccccc2n1)C(=O)O. The third kappa shape index (κ3) is 3.49. The highest BCUT2D eigenvalue weighted by Crippen LogP contribution is 2.22. The minimum Gasteiger partial charge on any atom is -0.480 e. The molecule has 1 aromatic heterocycles. The van der Waals surface area contributed by atoms with Gasteiger partial charge in [0.25, 0.3) is 5.91 Å². The zero-order chi connectivity index (χ0) is 15.4. The number of rotatable bonds is 5. The topological polar surface area (TPSA) is 79.3 Å². The molecule has 1 atom stereocenters. The van der Waals surface area contributed by atoms with Gasteiger partial charge in [0.2, 0.25) is 0 Å². The quantitative estimate of drug-likeness (QED) is 0.890. The van der Waals surface area contributed by atoms with Crippen molar-refractivity contribution in [1.82, 2.24) is 10.3 Å². The van der Waals surface area contributed by atoms with E-state index < -0.39 is 17.9 Å². The summed E-state index contributed by atoms with van der Waals surface area (Å²) in [5.41, 5.74) is 0.707. The van der Waals surface area contributed by atoms with Crippen molar-refractivity contribution in [3.63, 3.8) is 0 Å². The summed E-state index contributed by atoms with van der Waals surface area (Å²) in [6.45, 7) is 1.85. The number of carbonyl (C=O) groups is 2. The average Bonchev–Trinajstić information content (AvgIpc) is 2.46. The molecule has 0 aliphatic heterocycles. The fourth-order valence-electron chi connectivity index (χ4n) is 2.03. The summed E-state index contributed by atoms with van der Waals surface area (Å²) >= 11 is 6.13. The Hall–Kier alpha value is -2.14. The molecular weight excluding hydrogens is 292 g/mol. The van der Waals surface area contributed by atoms with Gasteiger partial charge in [0.05, 0.1) is 10.5 Å². The van der Waals surface area contributed by atoms with E-state index in [9.17, 15) is 9.59 Å². The summed E-state index contributed by atoms with van der Waals surface area (Å²) in [6.07, 6.45) is 1.02. The van der Waals surface area contributed by atoms with Crippen molar-refractivity contribution >= 4 is 34.4 Å². The van der Waals surface area contributed by atoms with E-state index >= 15 is 0 Å². The summed E-state index contributed by atoms with van der Waals surface area (Å²) in [4.78, 5) is 27.4. The monoisotopic (exact) mass is 306 g/mol.